The van der Waals surface area contributed by atoms with Crippen molar-refractivity contribution >= 4 is 23.2 Å². The predicted octanol–water partition coefficient (Wildman–Crippen LogP) is 1.11. The number of nitrogens with two attached hydrogens (primary N) is 1. The van der Waals surface area contributed by atoms with Crippen LogP contribution in [0.4, 0.5) is 0 Å². The number of rotatable bonds is 7. The average molecular weight is 333 g/mol. The van der Waals surface area contributed by atoms with E-state index in [0.717, 1.165) is 21.1 Å². The lowest BCUT2D eigenvalue weighted by Crippen LogP contribution is -2.39. The highest BCUT2D eigenvalue weighted by atomic mass is 32.1. The molecule has 23 heavy (non-hydrogen) atoms. The Morgan fingerprint density at radius 1 is 1.09 bits per heavy atom. The second-order valence-corrected chi connectivity index (χ2v) is 5.92. The van der Waals surface area contributed by atoms with Crippen LogP contribution >= 0.6 is 11.3 Å². The quantitative estimate of drug-likeness (QED) is 0.708. The Kier molecular flexibility index (Phi) is 6.13. The van der Waals surface area contributed by atoms with E-state index in [1.165, 1.54) is 0 Å². The second kappa shape index (κ2) is 8.30. The molecular formula is C16H19N3O3S. The molecule has 6 nitrogen and oxygen atoms in total. The lowest BCUT2D eigenvalue weighted by molar-refractivity contribution is -0.125. The summed E-state index contributed by atoms with van der Waals surface area (Å²) in [7, 11) is 1.64. The lowest BCUT2D eigenvalue weighted by Gasteiger charge is -2.05. The van der Waals surface area contributed by atoms with E-state index in [4.69, 9.17) is 10.5 Å². The molecule has 2 rings (SSSR count). The van der Waals surface area contributed by atoms with Gasteiger partial charge in [0.05, 0.1) is 26.7 Å². The van der Waals surface area contributed by atoms with Gasteiger partial charge in [0.15, 0.2) is 0 Å². The molecule has 0 aliphatic rings. The molecule has 1 heterocycles. The molecule has 2 aromatic rings. The highest BCUT2D eigenvalue weighted by Crippen LogP contribution is 2.29. The molecule has 1 aromatic heterocycles. The Labute approximate surface area is 138 Å². The molecule has 122 valence electrons. The van der Waals surface area contributed by atoms with Crippen LogP contribution in [0.15, 0.2) is 36.4 Å². The van der Waals surface area contributed by atoms with Crippen LogP contribution in [0.25, 0.3) is 10.4 Å². The maximum absolute atomic E-state index is 11.6. The van der Waals surface area contributed by atoms with E-state index in [1.54, 1.807) is 18.4 Å². The molecule has 0 fully saturated rings. The zero-order valence-corrected chi connectivity index (χ0v) is 13.6. The van der Waals surface area contributed by atoms with Crippen LogP contribution in [0.2, 0.25) is 0 Å². The molecule has 4 N–H and O–H groups in total. The fourth-order valence-corrected chi connectivity index (χ4v) is 2.84. The van der Waals surface area contributed by atoms with Crippen LogP contribution in [0.5, 0.6) is 5.75 Å². The molecule has 0 atom stereocenters. The van der Waals surface area contributed by atoms with Crippen LogP contribution in [0.1, 0.15) is 4.88 Å². The summed E-state index contributed by atoms with van der Waals surface area (Å²) in [5.41, 5.74) is 6.25. The topological polar surface area (TPSA) is 93.5 Å². The Balaban J connectivity index is 1.86. The molecule has 2 amide bonds. The fraction of sp³-hybridized carbons (Fsp3) is 0.250. The minimum Gasteiger partial charge on any atom is -0.497 e. The number of carbonyl (C=O) groups excluding carboxylic acids is 2. The molecule has 7 heteroatoms. The average Bonchev–Trinajstić information content (AvgIpc) is 3.06. The van der Waals surface area contributed by atoms with Gasteiger partial charge in [0.2, 0.25) is 11.8 Å². The zero-order valence-electron chi connectivity index (χ0n) is 12.8. The van der Waals surface area contributed by atoms with Crippen molar-refractivity contribution in [3.05, 3.63) is 41.3 Å². The van der Waals surface area contributed by atoms with Crippen LogP contribution < -0.4 is 21.1 Å². The van der Waals surface area contributed by atoms with E-state index >= 15 is 0 Å². The van der Waals surface area contributed by atoms with Gasteiger partial charge in [0.1, 0.15) is 5.75 Å². The Morgan fingerprint density at radius 3 is 2.48 bits per heavy atom. The molecule has 0 spiro atoms. The van der Waals surface area contributed by atoms with Crippen molar-refractivity contribution < 1.29 is 14.3 Å². The van der Waals surface area contributed by atoms with Gasteiger partial charge in [-0.2, -0.15) is 0 Å². The number of thiophene rings is 1. The van der Waals surface area contributed by atoms with Crippen molar-refractivity contribution in [1.29, 1.82) is 0 Å². The van der Waals surface area contributed by atoms with Crippen molar-refractivity contribution in [1.82, 2.24) is 10.6 Å². The summed E-state index contributed by atoms with van der Waals surface area (Å²) >= 11 is 1.61. The van der Waals surface area contributed by atoms with Gasteiger partial charge in [0, 0.05) is 9.75 Å². The van der Waals surface area contributed by atoms with Crippen molar-refractivity contribution in [2.45, 2.75) is 6.54 Å². The number of carbonyl (C=O) groups is 2. The molecule has 0 saturated heterocycles. The number of nitrogens with one attached hydrogen (secondary N) is 2. The summed E-state index contributed by atoms with van der Waals surface area (Å²) in [5.74, 6) is 0.224. The Hall–Kier alpha value is -2.38. The third-order valence-electron chi connectivity index (χ3n) is 3.13. The number of hydrogen-bond acceptors (Lipinski definition) is 5. The first kappa shape index (κ1) is 17.0. The maximum atomic E-state index is 11.6. The fourth-order valence-electron chi connectivity index (χ4n) is 1.88. The van der Waals surface area contributed by atoms with E-state index < -0.39 is 0 Å². The highest BCUT2D eigenvalue weighted by molar-refractivity contribution is 7.15. The molecule has 1 aromatic carbocycles. The van der Waals surface area contributed by atoms with E-state index in [1.807, 2.05) is 36.4 Å². The molecule has 0 unspecified atom stereocenters. The maximum Gasteiger partial charge on any atom is 0.239 e. The smallest absolute Gasteiger partial charge is 0.239 e. The highest BCUT2D eigenvalue weighted by Gasteiger charge is 2.06. The Bertz CT molecular complexity index is 667. The van der Waals surface area contributed by atoms with Gasteiger partial charge in [-0.1, -0.05) is 0 Å². The van der Waals surface area contributed by atoms with Gasteiger partial charge in [-0.25, -0.2) is 0 Å². The van der Waals surface area contributed by atoms with Gasteiger partial charge in [0.25, 0.3) is 0 Å². The zero-order chi connectivity index (χ0) is 16.7. The Morgan fingerprint density at radius 2 is 1.83 bits per heavy atom. The largest absolute Gasteiger partial charge is 0.497 e. The summed E-state index contributed by atoms with van der Waals surface area (Å²) < 4.78 is 5.14. The normalized spacial score (nSPS) is 10.2. The molecule has 0 aliphatic carbocycles. The van der Waals surface area contributed by atoms with Gasteiger partial charge < -0.3 is 21.1 Å². The molecular weight excluding hydrogens is 314 g/mol. The van der Waals surface area contributed by atoms with E-state index in [-0.39, 0.29) is 24.9 Å². The lowest BCUT2D eigenvalue weighted by atomic mass is 10.2. The van der Waals surface area contributed by atoms with E-state index in [0.29, 0.717) is 6.54 Å². The van der Waals surface area contributed by atoms with Gasteiger partial charge >= 0.3 is 0 Å². The first-order chi connectivity index (χ1) is 11.1. The summed E-state index contributed by atoms with van der Waals surface area (Å²) in [6, 6.07) is 11.8. The summed E-state index contributed by atoms with van der Waals surface area (Å²) in [4.78, 5) is 24.7. The summed E-state index contributed by atoms with van der Waals surface area (Å²) in [5, 5.41) is 5.18. The van der Waals surface area contributed by atoms with Gasteiger partial charge in [-0.15, -0.1) is 11.3 Å². The van der Waals surface area contributed by atoms with Crippen LogP contribution in [0.3, 0.4) is 0 Å². The van der Waals surface area contributed by atoms with Gasteiger partial charge in [-0.05, 0) is 42.0 Å². The molecule has 0 radical (unpaired) electrons. The molecule has 0 aliphatic heterocycles. The monoisotopic (exact) mass is 333 g/mol. The number of hydrogen-bond donors (Lipinski definition) is 3. The van der Waals surface area contributed by atoms with E-state index in [9.17, 15) is 9.59 Å². The standard InChI is InChI=1S/C16H19N3O3S/c1-22-12-4-2-11(3-5-12)14-7-6-13(23-14)9-18-16(21)10-19-15(20)8-17/h2-7H,8-10,17H2,1H3,(H,18,21)(H,19,20). The van der Waals surface area contributed by atoms with E-state index in [2.05, 4.69) is 10.6 Å². The summed E-state index contributed by atoms with van der Waals surface area (Å²) in [6.07, 6.45) is 0. The SMILES string of the molecule is COc1ccc(-c2ccc(CNC(=O)CNC(=O)CN)s2)cc1. The van der Waals surface area contributed by atoms with Gasteiger partial charge in [-0.3, -0.25) is 9.59 Å². The van der Waals surface area contributed by atoms with Crippen molar-refractivity contribution in [2.75, 3.05) is 20.2 Å². The minimum atomic E-state index is -0.349. The number of ether oxygens (including phenoxy) is 1. The minimum absolute atomic E-state index is 0.0628. The van der Waals surface area contributed by atoms with Crippen molar-refractivity contribution in [2.24, 2.45) is 5.73 Å². The first-order valence-electron chi connectivity index (χ1n) is 7.09. The molecule has 0 bridgehead atoms. The first-order valence-corrected chi connectivity index (χ1v) is 7.90. The van der Waals surface area contributed by atoms with Crippen LogP contribution in [0, 0.1) is 0 Å². The molecule has 0 saturated carbocycles. The summed E-state index contributed by atoms with van der Waals surface area (Å²) in [6.45, 7) is 0.244. The van der Waals surface area contributed by atoms with Crippen LogP contribution in [-0.2, 0) is 16.1 Å². The number of benzene rings is 1. The second-order valence-electron chi connectivity index (χ2n) is 4.75. The van der Waals surface area contributed by atoms with Crippen LogP contribution in [-0.4, -0.2) is 32.0 Å². The number of amides is 2. The predicted molar refractivity (Wildman–Crippen MR) is 90.2 cm³/mol. The third-order valence-corrected chi connectivity index (χ3v) is 4.26. The third kappa shape index (κ3) is 5.08. The number of methoxy groups -OCH3 is 1. The van der Waals surface area contributed by atoms with Crippen molar-refractivity contribution in [3.8, 4) is 16.2 Å². The van der Waals surface area contributed by atoms with Crippen molar-refractivity contribution in [3.63, 3.8) is 0 Å².